The van der Waals surface area contributed by atoms with Crippen LogP contribution in [0, 0.1) is 6.92 Å². The van der Waals surface area contributed by atoms with E-state index >= 15 is 0 Å². The first kappa shape index (κ1) is 11.7. The maximum atomic E-state index is 5.66. The number of nitrogens with one attached hydrogen (secondary N) is 1. The van der Waals surface area contributed by atoms with Crippen molar-refractivity contribution in [2.45, 2.75) is 64.5 Å². The largest absolute Gasteiger partial charge is 0.465 e. The van der Waals surface area contributed by atoms with Crippen LogP contribution < -0.4 is 5.32 Å². The van der Waals surface area contributed by atoms with Crippen molar-refractivity contribution in [2.75, 3.05) is 0 Å². The minimum Gasteiger partial charge on any atom is -0.465 e. The van der Waals surface area contributed by atoms with E-state index in [9.17, 15) is 0 Å². The van der Waals surface area contributed by atoms with Crippen molar-refractivity contribution in [1.82, 2.24) is 5.32 Å². The molecule has 1 aromatic heterocycles. The molecule has 0 bridgehead atoms. The minimum atomic E-state index is 0.344. The van der Waals surface area contributed by atoms with E-state index in [4.69, 9.17) is 4.42 Å². The zero-order chi connectivity index (χ0) is 11.4. The Bertz CT molecular complexity index is 310. The lowest BCUT2D eigenvalue weighted by Gasteiger charge is -2.20. The average Bonchev–Trinajstić information content (AvgIpc) is 2.54. The zero-order valence-electron chi connectivity index (χ0n) is 10.5. The van der Waals surface area contributed by atoms with E-state index < -0.39 is 0 Å². The molecule has 2 heteroatoms. The van der Waals surface area contributed by atoms with Gasteiger partial charge in [0.2, 0.25) is 0 Å². The predicted molar refractivity (Wildman–Crippen MR) is 66.5 cm³/mol. The molecule has 0 aliphatic heterocycles. The van der Waals surface area contributed by atoms with Gasteiger partial charge in [-0.1, -0.05) is 25.7 Å². The van der Waals surface area contributed by atoms with E-state index in [0.29, 0.717) is 12.1 Å². The molecule has 1 heterocycles. The summed E-state index contributed by atoms with van der Waals surface area (Å²) in [7, 11) is 0. The SMILES string of the molecule is Cc1ccc(C(C)NC2CCCCCC2)o1. The number of rotatable bonds is 3. The summed E-state index contributed by atoms with van der Waals surface area (Å²) in [6.45, 7) is 4.20. The molecule has 2 rings (SSSR count). The molecule has 0 saturated heterocycles. The Morgan fingerprint density at radius 2 is 1.88 bits per heavy atom. The lowest BCUT2D eigenvalue weighted by Crippen LogP contribution is -2.30. The topological polar surface area (TPSA) is 25.2 Å². The highest BCUT2D eigenvalue weighted by Gasteiger charge is 2.16. The third-order valence-electron chi connectivity index (χ3n) is 3.53. The van der Waals surface area contributed by atoms with E-state index in [2.05, 4.69) is 18.3 Å². The molecule has 0 radical (unpaired) electrons. The predicted octanol–water partition coefficient (Wildman–Crippen LogP) is 3.96. The molecule has 1 aliphatic rings. The van der Waals surface area contributed by atoms with E-state index in [1.54, 1.807) is 0 Å². The second-order valence-electron chi connectivity index (χ2n) is 5.03. The van der Waals surface area contributed by atoms with Gasteiger partial charge in [0.25, 0.3) is 0 Å². The molecule has 1 fully saturated rings. The van der Waals surface area contributed by atoms with Crippen molar-refractivity contribution < 1.29 is 4.42 Å². The van der Waals surface area contributed by atoms with Gasteiger partial charge in [0.05, 0.1) is 6.04 Å². The van der Waals surface area contributed by atoms with Gasteiger partial charge < -0.3 is 9.73 Å². The van der Waals surface area contributed by atoms with Gasteiger partial charge in [-0.15, -0.1) is 0 Å². The van der Waals surface area contributed by atoms with E-state index in [1.807, 2.05) is 13.0 Å². The molecule has 1 saturated carbocycles. The fraction of sp³-hybridized carbons (Fsp3) is 0.714. The van der Waals surface area contributed by atoms with Gasteiger partial charge >= 0.3 is 0 Å². The van der Waals surface area contributed by atoms with Crippen LogP contribution in [0.3, 0.4) is 0 Å². The van der Waals surface area contributed by atoms with Crippen LogP contribution in [0.1, 0.15) is 63.0 Å². The summed E-state index contributed by atoms with van der Waals surface area (Å²) in [4.78, 5) is 0. The van der Waals surface area contributed by atoms with Crippen LogP contribution >= 0.6 is 0 Å². The van der Waals surface area contributed by atoms with Crippen LogP contribution in [0.4, 0.5) is 0 Å². The summed E-state index contributed by atoms with van der Waals surface area (Å²) in [6.07, 6.45) is 8.22. The van der Waals surface area contributed by atoms with E-state index in [1.165, 1.54) is 38.5 Å². The Labute approximate surface area is 98.4 Å². The average molecular weight is 221 g/mol. The highest BCUT2D eigenvalue weighted by Crippen LogP contribution is 2.22. The van der Waals surface area contributed by atoms with Crippen molar-refractivity contribution in [2.24, 2.45) is 0 Å². The summed E-state index contributed by atoms with van der Waals surface area (Å²) in [5.41, 5.74) is 0. The van der Waals surface area contributed by atoms with Crippen LogP contribution in [0.25, 0.3) is 0 Å². The van der Waals surface area contributed by atoms with Gasteiger partial charge in [-0.2, -0.15) is 0 Å². The fourth-order valence-corrected chi connectivity index (χ4v) is 2.57. The van der Waals surface area contributed by atoms with Crippen molar-refractivity contribution in [1.29, 1.82) is 0 Å². The Morgan fingerprint density at radius 1 is 1.19 bits per heavy atom. The highest BCUT2D eigenvalue weighted by molar-refractivity contribution is 5.09. The highest BCUT2D eigenvalue weighted by atomic mass is 16.3. The van der Waals surface area contributed by atoms with Gasteiger partial charge in [0.15, 0.2) is 0 Å². The molecule has 0 spiro atoms. The molecule has 2 nitrogen and oxygen atoms in total. The summed E-state index contributed by atoms with van der Waals surface area (Å²) in [5, 5.41) is 3.69. The van der Waals surface area contributed by atoms with Crippen molar-refractivity contribution in [3.8, 4) is 0 Å². The molecule has 1 atom stereocenters. The Kier molecular flexibility index (Phi) is 4.05. The van der Waals surface area contributed by atoms with Crippen molar-refractivity contribution in [3.63, 3.8) is 0 Å². The van der Waals surface area contributed by atoms with Gasteiger partial charge in [0, 0.05) is 6.04 Å². The Morgan fingerprint density at radius 3 is 2.44 bits per heavy atom. The van der Waals surface area contributed by atoms with Crippen molar-refractivity contribution in [3.05, 3.63) is 23.7 Å². The normalized spacial score (nSPS) is 20.6. The first-order valence-corrected chi connectivity index (χ1v) is 6.58. The molecule has 1 unspecified atom stereocenters. The number of hydrogen-bond donors (Lipinski definition) is 1. The summed E-state index contributed by atoms with van der Waals surface area (Å²) >= 11 is 0. The monoisotopic (exact) mass is 221 g/mol. The molecule has 0 aromatic carbocycles. The molecule has 16 heavy (non-hydrogen) atoms. The maximum Gasteiger partial charge on any atom is 0.120 e. The third kappa shape index (κ3) is 3.11. The molecule has 0 amide bonds. The van der Waals surface area contributed by atoms with Crippen LogP contribution in [0.2, 0.25) is 0 Å². The van der Waals surface area contributed by atoms with Crippen LogP contribution in [-0.4, -0.2) is 6.04 Å². The second kappa shape index (κ2) is 5.53. The smallest absolute Gasteiger partial charge is 0.120 e. The standard InChI is InChI=1S/C14H23NO/c1-11-9-10-14(16-11)12(2)15-13-7-5-3-4-6-8-13/h9-10,12-13,15H,3-8H2,1-2H3. The second-order valence-corrected chi connectivity index (χ2v) is 5.03. The number of aryl methyl sites for hydroxylation is 1. The maximum absolute atomic E-state index is 5.66. The molecule has 1 aromatic rings. The quantitative estimate of drug-likeness (QED) is 0.781. The molecule has 90 valence electrons. The zero-order valence-corrected chi connectivity index (χ0v) is 10.5. The fourth-order valence-electron chi connectivity index (χ4n) is 2.57. The molecule has 1 aliphatic carbocycles. The Balaban J connectivity index is 1.88. The lowest BCUT2D eigenvalue weighted by atomic mass is 10.1. The third-order valence-corrected chi connectivity index (χ3v) is 3.53. The summed E-state index contributed by atoms with van der Waals surface area (Å²) in [5.74, 6) is 2.08. The van der Waals surface area contributed by atoms with Gasteiger partial charge in [-0.05, 0) is 38.8 Å². The molecular weight excluding hydrogens is 198 g/mol. The molecular formula is C14H23NO. The number of furan rings is 1. The summed E-state index contributed by atoms with van der Waals surface area (Å²) < 4.78 is 5.66. The number of hydrogen-bond acceptors (Lipinski definition) is 2. The Hall–Kier alpha value is -0.760. The molecule has 1 N–H and O–H groups in total. The first-order chi connectivity index (χ1) is 7.75. The summed E-state index contributed by atoms with van der Waals surface area (Å²) in [6, 6.07) is 5.16. The first-order valence-electron chi connectivity index (χ1n) is 6.58. The van der Waals surface area contributed by atoms with Crippen LogP contribution in [0.15, 0.2) is 16.5 Å². The van der Waals surface area contributed by atoms with E-state index in [0.717, 1.165) is 11.5 Å². The van der Waals surface area contributed by atoms with Crippen LogP contribution in [0.5, 0.6) is 0 Å². The van der Waals surface area contributed by atoms with Gasteiger partial charge in [-0.3, -0.25) is 0 Å². The van der Waals surface area contributed by atoms with Gasteiger partial charge in [-0.25, -0.2) is 0 Å². The van der Waals surface area contributed by atoms with Crippen LogP contribution in [-0.2, 0) is 0 Å². The lowest BCUT2D eigenvalue weighted by molar-refractivity contribution is 0.360. The van der Waals surface area contributed by atoms with Gasteiger partial charge in [0.1, 0.15) is 11.5 Å². The minimum absolute atomic E-state index is 0.344. The van der Waals surface area contributed by atoms with E-state index in [-0.39, 0.29) is 0 Å². The van der Waals surface area contributed by atoms with Crippen molar-refractivity contribution >= 4 is 0 Å².